The summed E-state index contributed by atoms with van der Waals surface area (Å²) in [7, 11) is 2.32. The van der Waals surface area contributed by atoms with Crippen molar-refractivity contribution in [2.45, 2.75) is 57.0 Å². The second kappa shape index (κ2) is 5.68. The van der Waals surface area contributed by atoms with Gasteiger partial charge in [0.2, 0.25) is 0 Å². The Morgan fingerprint density at radius 1 is 1.24 bits per heavy atom. The second-order valence-corrected chi connectivity index (χ2v) is 5.91. The Bertz CT molecular complexity index is 228. The van der Waals surface area contributed by atoms with Crippen LogP contribution in [-0.2, 0) is 0 Å². The molecule has 1 heterocycles. The topological polar surface area (TPSA) is 32.5 Å². The lowest BCUT2D eigenvalue weighted by molar-refractivity contribution is 0.0194. The van der Waals surface area contributed by atoms with Crippen LogP contribution in [0.2, 0.25) is 0 Å². The molecule has 1 saturated carbocycles. The monoisotopic (exact) mass is 239 g/mol. The van der Waals surface area contributed by atoms with E-state index < -0.39 is 0 Å². The van der Waals surface area contributed by atoms with Gasteiger partial charge in [-0.1, -0.05) is 19.8 Å². The second-order valence-electron chi connectivity index (χ2n) is 5.91. The zero-order valence-electron chi connectivity index (χ0n) is 11.6. The van der Waals surface area contributed by atoms with Crippen LogP contribution in [0.5, 0.6) is 0 Å². The molecule has 3 nitrogen and oxygen atoms in total. The van der Waals surface area contributed by atoms with Gasteiger partial charge in [-0.3, -0.25) is 4.90 Å². The minimum atomic E-state index is 0.292. The number of likely N-dealkylation sites (N-methyl/N-ethyl adjacent to an activating group) is 1. The first kappa shape index (κ1) is 13.3. The minimum Gasteiger partial charge on any atom is -0.329 e. The van der Waals surface area contributed by atoms with Crippen LogP contribution in [0.3, 0.4) is 0 Å². The van der Waals surface area contributed by atoms with E-state index in [4.69, 9.17) is 5.73 Å². The first-order valence-electron chi connectivity index (χ1n) is 7.37. The standard InChI is InChI=1S/C14H29N3/c1-3-17-10-8-14(12-15,9-11-17)16(2)13-6-4-5-7-13/h13H,3-12,15H2,1-2H3. The van der Waals surface area contributed by atoms with E-state index >= 15 is 0 Å². The van der Waals surface area contributed by atoms with Gasteiger partial charge in [-0.2, -0.15) is 0 Å². The van der Waals surface area contributed by atoms with Crippen molar-refractivity contribution in [3.05, 3.63) is 0 Å². The highest BCUT2D eigenvalue weighted by Gasteiger charge is 2.40. The Morgan fingerprint density at radius 2 is 1.82 bits per heavy atom. The minimum absolute atomic E-state index is 0.292. The van der Waals surface area contributed by atoms with E-state index in [2.05, 4.69) is 23.8 Å². The van der Waals surface area contributed by atoms with Crippen LogP contribution < -0.4 is 5.73 Å². The van der Waals surface area contributed by atoms with Gasteiger partial charge < -0.3 is 10.6 Å². The molecule has 2 rings (SSSR count). The van der Waals surface area contributed by atoms with Crippen molar-refractivity contribution < 1.29 is 0 Å². The summed E-state index contributed by atoms with van der Waals surface area (Å²) in [5.41, 5.74) is 6.43. The van der Waals surface area contributed by atoms with E-state index in [1.54, 1.807) is 0 Å². The smallest absolute Gasteiger partial charge is 0.0355 e. The molecular weight excluding hydrogens is 210 g/mol. The molecule has 1 aliphatic heterocycles. The van der Waals surface area contributed by atoms with E-state index in [0.29, 0.717) is 5.54 Å². The van der Waals surface area contributed by atoms with Gasteiger partial charge in [0.05, 0.1) is 0 Å². The Kier molecular flexibility index (Phi) is 4.45. The summed E-state index contributed by atoms with van der Waals surface area (Å²) in [6, 6.07) is 0.798. The average Bonchev–Trinajstić information content (AvgIpc) is 2.92. The average molecular weight is 239 g/mol. The third-order valence-electron chi connectivity index (χ3n) is 5.23. The molecule has 0 radical (unpaired) electrons. The van der Waals surface area contributed by atoms with Crippen LogP contribution in [0.1, 0.15) is 45.4 Å². The number of hydrogen-bond donors (Lipinski definition) is 1. The van der Waals surface area contributed by atoms with Crippen molar-refractivity contribution in [1.82, 2.24) is 9.80 Å². The highest BCUT2D eigenvalue weighted by atomic mass is 15.2. The molecule has 0 spiro atoms. The Morgan fingerprint density at radius 3 is 2.29 bits per heavy atom. The highest BCUT2D eigenvalue weighted by Crippen LogP contribution is 2.33. The normalized spacial score (nSPS) is 26.8. The van der Waals surface area contributed by atoms with E-state index in [1.165, 1.54) is 58.2 Å². The molecular formula is C14H29N3. The summed E-state index contributed by atoms with van der Waals surface area (Å²) in [5.74, 6) is 0. The SMILES string of the molecule is CCN1CCC(CN)(N(C)C2CCCC2)CC1. The summed E-state index contributed by atoms with van der Waals surface area (Å²) < 4.78 is 0. The molecule has 0 bridgehead atoms. The van der Waals surface area contributed by atoms with Gasteiger partial charge in [-0.05, 0) is 52.4 Å². The van der Waals surface area contributed by atoms with Crippen LogP contribution >= 0.6 is 0 Å². The molecule has 2 fully saturated rings. The van der Waals surface area contributed by atoms with Crippen LogP contribution in [0.25, 0.3) is 0 Å². The van der Waals surface area contributed by atoms with E-state index in [1.807, 2.05) is 0 Å². The van der Waals surface area contributed by atoms with Gasteiger partial charge >= 0.3 is 0 Å². The van der Waals surface area contributed by atoms with Crippen molar-refractivity contribution in [2.24, 2.45) is 5.73 Å². The Balaban J connectivity index is 1.99. The van der Waals surface area contributed by atoms with Gasteiger partial charge in [0, 0.05) is 18.1 Å². The first-order chi connectivity index (χ1) is 8.22. The van der Waals surface area contributed by atoms with Crippen molar-refractivity contribution in [3.8, 4) is 0 Å². The van der Waals surface area contributed by atoms with Gasteiger partial charge in [0.25, 0.3) is 0 Å². The maximum Gasteiger partial charge on any atom is 0.0355 e. The lowest BCUT2D eigenvalue weighted by Crippen LogP contribution is -2.60. The van der Waals surface area contributed by atoms with Crippen LogP contribution in [0, 0.1) is 0 Å². The molecule has 17 heavy (non-hydrogen) atoms. The predicted molar refractivity (Wildman–Crippen MR) is 73.2 cm³/mol. The zero-order chi connectivity index (χ0) is 12.3. The van der Waals surface area contributed by atoms with E-state index in [9.17, 15) is 0 Å². The summed E-state index contributed by atoms with van der Waals surface area (Å²) >= 11 is 0. The third kappa shape index (κ3) is 2.67. The van der Waals surface area contributed by atoms with E-state index in [0.717, 1.165) is 12.6 Å². The number of piperidine rings is 1. The van der Waals surface area contributed by atoms with Crippen LogP contribution in [-0.4, -0.2) is 54.6 Å². The van der Waals surface area contributed by atoms with Crippen molar-refractivity contribution in [2.75, 3.05) is 33.2 Å². The van der Waals surface area contributed by atoms with Crippen LogP contribution in [0.4, 0.5) is 0 Å². The fourth-order valence-corrected chi connectivity index (χ4v) is 3.67. The lowest BCUT2D eigenvalue weighted by Gasteiger charge is -2.49. The molecule has 2 aliphatic rings. The van der Waals surface area contributed by atoms with Crippen molar-refractivity contribution in [1.29, 1.82) is 0 Å². The number of nitrogens with zero attached hydrogens (tertiary/aromatic N) is 2. The zero-order valence-corrected chi connectivity index (χ0v) is 11.6. The van der Waals surface area contributed by atoms with Crippen molar-refractivity contribution >= 4 is 0 Å². The quantitative estimate of drug-likeness (QED) is 0.810. The fraction of sp³-hybridized carbons (Fsp3) is 1.00. The summed E-state index contributed by atoms with van der Waals surface area (Å²) in [4.78, 5) is 5.20. The van der Waals surface area contributed by atoms with Gasteiger partial charge in [-0.15, -0.1) is 0 Å². The maximum absolute atomic E-state index is 6.13. The molecule has 0 aromatic rings. The van der Waals surface area contributed by atoms with Crippen molar-refractivity contribution in [3.63, 3.8) is 0 Å². The summed E-state index contributed by atoms with van der Waals surface area (Å²) in [6.07, 6.45) is 8.10. The molecule has 0 aromatic heterocycles. The number of hydrogen-bond acceptors (Lipinski definition) is 3. The van der Waals surface area contributed by atoms with Gasteiger partial charge in [0.1, 0.15) is 0 Å². The van der Waals surface area contributed by atoms with Gasteiger partial charge in [0.15, 0.2) is 0 Å². The first-order valence-corrected chi connectivity index (χ1v) is 7.37. The number of nitrogens with two attached hydrogens (primary N) is 1. The fourth-order valence-electron chi connectivity index (χ4n) is 3.67. The molecule has 1 aliphatic carbocycles. The number of likely N-dealkylation sites (tertiary alicyclic amines) is 1. The molecule has 0 aromatic carbocycles. The molecule has 0 amide bonds. The Hall–Kier alpha value is -0.120. The highest BCUT2D eigenvalue weighted by molar-refractivity contribution is 4.98. The Labute approximate surface area is 106 Å². The third-order valence-corrected chi connectivity index (χ3v) is 5.23. The lowest BCUT2D eigenvalue weighted by atomic mass is 9.84. The van der Waals surface area contributed by atoms with Gasteiger partial charge in [-0.25, -0.2) is 0 Å². The molecule has 3 heteroatoms. The van der Waals surface area contributed by atoms with Crippen LogP contribution in [0.15, 0.2) is 0 Å². The molecule has 100 valence electrons. The molecule has 0 atom stereocenters. The van der Waals surface area contributed by atoms with E-state index in [-0.39, 0.29) is 0 Å². The molecule has 0 unspecified atom stereocenters. The maximum atomic E-state index is 6.13. The molecule has 2 N–H and O–H groups in total. The largest absolute Gasteiger partial charge is 0.329 e. The molecule has 1 saturated heterocycles. The summed E-state index contributed by atoms with van der Waals surface area (Å²) in [6.45, 7) is 6.73. The summed E-state index contributed by atoms with van der Waals surface area (Å²) in [5, 5.41) is 0. The number of rotatable bonds is 4. The predicted octanol–water partition coefficient (Wildman–Crippen LogP) is 1.67.